The highest BCUT2D eigenvalue weighted by Gasteiger charge is 2.21. The predicted molar refractivity (Wildman–Crippen MR) is 126 cm³/mol. The summed E-state index contributed by atoms with van der Waals surface area (Å²) >= 11 is 10.8. The molecule has 2 aromatic carbocycles. The monoisotopic (exact) mass is 505 g/mol. The van der Waals surface area contributed by atoms with Crippen molar-refractivity contribution in [2.45, 2.75) is 12.8 Å². The largest absolute Gasteiger partial charge is 0.345 e. The zero-order chi connectivity index (χ0) is 20.9. The van der Waals surface area contributed by atoms with Crippen LogP contribution in [0, 0.1) is 0 Å². The fourth-order valence-electron chi connectivity index (χ4n) is 3.28. The smallest absolute Gasteiger partial charge is 0.321 e. The number of urea groups is 1. The van der Waals surface area contributed by atoms with E-state index in [2.05, 4.69) is 30.5 Å². The quantitative estimate of drug-likeness (QED) is 0.522. The number of nitrogens with zero attached hydrogens (tertiary/aromatic N) is 4. The summed E-state index contributed by atoms with van der Waals surface area (Å²) in [6, 6.07) is 15.3. The molecule has 156 valence electrons. The van der Waals surface area contributed by atoms with Crippen molar-refractivity contribution in [2.75, 3.05) is 36.4 Å². The fraction of sp³-hybridized carbons (Fsp3) is 0.286. The van der Waals surface area contributed by atoms with E-state index in [1.54, 1.807) is 0 Å². The topological polar surface area (TPSA) is 61.4 Å². The molecule has 9 heteroatoms. The maximum atomic E-state index is 12.6. The maximum absolute atomic E-state index is 12.6. The zero-order valence-corrected chi connectivity index (χ0v) is 19.4. The second kappa shape index (κ2) is 9.76. The summed E-state index contributed by atoms with van der Waals surface area (Å²) in [7, 11) is 0. The first kappa shape index (κ1) is 21.1. The minimum Gasteiger partial charge on any atom is -0.345 e. The van der Waals surface area contributed by atoms with Gasteiger partial charge in [0, 0.05) is 59.3 Å². The Hall–Kier alpha value is -2.16. The molecule has 6 nitrogen and oxygen atoms in total. The van der Waals surface area contributed by atoms with Crippen molar-refractivity contribution in [3.63, 3.8) is 0 Å². The van der Waals surface area contributed by atoms with E-state index < -0.39 is 0 Å². The molecule has 0 aliphatic carbocycles. The Morgan fingerprint density at radius 3 is 2.60 bits per heavy atom. The lowest BCUT2D eigenvalue weighted by Crippen LogP contribution is -2.38. The van der Waals surface area contributed by atoms with Crippen molar-refractivity contribution < 1.29 is 4.79 Å². The molecule has 30 heavy (non-hydrogen) atoms. The third-order valence-electron chi connectivity index (χ3n) is 4.88. The molecular weight excluding hydrogens is 486 g/mol. The van der Waals surface area contributed by atoms with Gasteiger partial charge in [-0.15, -0.1) is 0 Å². The summed E-state index contributed by atoms with van der Waals surface area (Å²) in [5, 5.41) is 4.61. The van der Waals surface area contributed by atoms with Gasteiger partial charge in [-0.2, -0.15) is 4.37 Å². The summed E-state index contributed by atoms with van der Waals surface area (Å²) in [5.41, 5.74) is 1.93. The van der Waals surface area contributed by atoms with Crippen molar-refractivity contribution in [3.8, 4) is 0 Å². The van der Waals surface area contributed by atoms with Crippen LogP contribution in [-0.4, -0.2) is 46.5 Å². The van der Waals surface area contributed by atoms with Crippen molar-refractivity contribution >= 4 is 55.9 Å². The van der Waals surface area contributed by atoms with E-state index in [0.717, 1.165) is 57.8 Å². The molecule has 2 amide bonds. The molecule has 0 atom stereocenters. The van der Waals surface area contributed by atoms with Crippen LogP contribution in [0.1, 0.15) is 17.8 Å². The van der Waals surface area contributed by atoms with E-state index in [9.17, 15) is 4.79 Å². The van der Waals surface area contributed by atoms with E-state index in [0.29, 0.717) is 13.0 Å². The number of anilines is 2. The van der Waals surface area contributed by atoms with Crippen LogP contribution >= 0.6 is 39.1 Å². The number of halogens is 2. The SMILES string of the molecule is O=C(Nc1ccc(Br)cc1)N1CCCN(c2nc(Cc3ccc(Cl)cc3)ns2)CC1. The van der Waals surface area contributed by atoms with Gasteiger partial charge in [-0.1, -0.05) is 39.7 Å². The van der Waals surface area contributed by atoms with E-state index in [4.69, 9.17) is 16.6 Å². The number of rotatable bonds is 4. The maximum Gasteiger partial charge on any atom is 0.321 e. The van der Waals surface area contributed by atoms with Crippen LogP contribution in [0.5, 0.6) is 0 Å². The van der Waals surface area contributed by atoms with Gasteiger partial charge in [-0.05, 0) is 48.4 Å². The Labute approximate surface area is 193 Å². The Kier molecular flexibility index (Phi) is 6.86. The second-order valence-electron chi connectivity index (χ2n) is 7.06. The van der Waals surface area contributed by atoms with Crippen LogP contribution in [0.3, 0.4) is 0 Å². The van der Waals surface area contributed by atoms with E-state index in [1.165, 1.54) is 11.5 Å². The van der Waals surface area contributed by atoms with Gasteiger partial charge in [-0.3, -0.25) is 0 Å². The molecule has 4 rings (SSSR count). The van der Waals surface area contributed by atoms with Crippen molar-refractivity contribution in [3.05, 3.63) is 69.4 Å². The number of carbonyl (C=O) groups is 1. The second-order valence-corrected chi connectivity index (χ2v) is 9.14. The van der Waals surface area contributed by atoms with Crippen LogP contribution in [0.2, 0.25) is 5.02 Å². The summed E-state index contributed by atoms with van der Waals surface area (Å²) in [6.07, 6.45) is 1.57. The molecular formula is C21H21BrClN5OS. The highest BCUT2D eigenvalue weighted by molar-refractivity contribution is 9.10. The van der Waals surface area contributed by atoms with Crippen molar-refractivity contribution in [2.24, 2.45) is 0 Å². The third kappa shape index (κ3) is 5.50. The third-order valence-corrected chi connectivity index (χ3v) is 6.48. The Bertz CT molecular complexity index is 995. The molecule has 0 radical (unpaired) electrons. The summed E-state index contributed by atoms with van der Waals surface area (Å²) in [6.45, 7) is 2.96. The van der Waals surface area contributed by atoms with E-state index in [-0.39, 0.29) is 6.03 Å². The van der Waals surface area contributed by atoms with Gasteiger partial charge in [-0.25, -0.2) is 9.78 Å². The number of hydrogen-bond donors (Lipinski definition) is 1. The van der Waals surface area contributed by atoms with Gasteiger partial charge in [0.05, 0.1) is 0 Å². The first-order valence-electron chi connectivity index (χ1n) is 9.70. The van der Waals surface area contributed by atoms with Crippen LogP contribution < -0.4 is 10.2 Å². The van der Waals surface area contributed by atoms with Crippen LogP contribution in [0.25, 0.3) is 0 Å². The number of benzene rings is 2. The Morgan fingerprint density at radius 1 is 1.07 bits per heavy atom. The fourth-order valence-corrected chi connectivity index (χ4v) is 4.40. The molecule has 1 aromatic heterocycles. The first-order chi connectivity index (χ1) is 14.6. The molecule has 1 aliphatic heterocycles. The van der Waals surface area contributed by atoms with Gasteiger partial charge in [0.25, 0.3) is 0 Å². The van der Waals surface area contributed by atoms with Gasteiger partial charge >= 0.3 is 6.03 Å². The summed E-state index contributed by atoms with van der Waals surface area (Å²) in [5.74, 6) is 0.811. The molecule has 1 saturated heterocycles. The standard InChI is InChI=1S/C21H21BrClN5OS/c22-16-4-8-18(9-5-16)24-20(29)27-10-1-11-28(13-12-27)21-25-19(26-30-21)14-15-2-6-17(23)7-3-15/h2-9H,1,10-14H2,(H,24,29). The molecule has 0 unspecified atom stereocenters. The van der Waals surface area contributed by atoms with Gasteiger partial charge < -0.3 is 15.1 Å². The number of hydrogen-bond acceptors (Lipinski definition) is 5. The van der Waals surface area contributed by atoms with Gasteiger partial charge in [0.2, 0.25) is 5.13 Å². The highest BCUT2D eigenvalue weighted by Crippen LogP contribution is 2.22. The number of amides is 2. The molecule has 0 spiro atoms. The molecule has 1 aliphatic rings. The van der Waals surface area contributed by atoms with E-state index >= 15 is 0 Å². The number of carbonyl (C=O) groups excluding carboxylic acids is 1. The first-order valence-corrected chi connectivity index (χ1v) is 11.6. The molecule has 0 bridgehead atoms. The molecule has 3 aromatic rings. The average Bonchev–Trinajstić information content (AvgIpc) is 3.06. The predicted octanol–water partition coefficient (Wildman–Crippen LogP) is 5.29. The highest BCUT2D eigenvalue weighted by atomic mass is 79.9. The van der Waals surface area contributed by atoms with Crippen molar-refractivity contribution in [1.29, 1.82) is 0 Å². The molecule has 0 saturated carbocycles. The minimum atomic E-state index is -0.0696. The Balaban J connectivity index is 1.33. The summed E-state index contributed by atoms with van der Waals surface area (Å²) in [4.78, 5) is 21.4. The molecule has 2 heterocycles. The van der Waals surface area contributed by atoms with Gasteiger partial charge in [0.15, 0.2) is 0 Å². The lowest BCUT2D eigenvalue weighted by molar-refractivity contribution is 0.215. The number of aromatic nitrogens is 2. The zero-order valence-electron chi connectivity index (χ0n) is 16.2. The average molecular weight is 507 g/mol. The summed E-state index contributed by atoms with van der Waals surface area (Å²) < 4.78 is 5.50. The minimum absolute atomic E-state index is 0.0696. The van der Waals surface area contributed by atoms with Gasteiger partial charge in [0.1, 0.15) is 5.82 Å². The number of nitrogens with one attached hydrogen (secondary N) is 1. The Morgan fingerprint density at radius 2 is 1.83 bits per heavy atom. The van der Waals surface area contributed by atoms with Crippen LogP contribution in [0.15, 0.2) is 53.0 Å². The molecule has 1 fully saturated rings. The molecule has 1 N–H and O–H groups in total. The lowest BCUT2D eigenvalue weighted by Gasteiger charge is -2.22. The van der Waals surface area contributed by atoms with E-state index in [1.807, 2.05) is 53.4 Å². The van der Waals surface area contributed by atoms with Crippen LogP contribution in [0.4, 0.5) is 15.6 Å². The normalized spacial score (nSPS) is 14.5. The lowest BCUT2D eigenvalue weighted by atomic mass is 10.1. The van der Waals surface area contributed by atoms with Crippen LogP contribution in [-0.2, 0) is 6.42 Å². The van der Waals surface area contributed by atoms with Crippen molar-refractivity contribution in [1.82, 2.24) is 14.3 Å².